The van der Waals surface area contributed by atoms with E-state index in [1.165, 1.54) is 11.0 Å². The van der Waals surface area contributed by atoms with Gasteiger partial charge in [0.25, 0.3) is 0 Å². The van der Waals surface area contributed by atoms with E-state index in [-0.39, 0.29) is 23.0 Å². The summed E-state index contributed by atoms with van der Waals surface area (Å²) in [5, 5.41) is -0.383. The molecule has 1 heterocycles. The lowest BCUT2D eigenvalue weighted by Gasteiger charge is -2.20. The minimum Gasteiger partial charge on any atom is -0.280 e. The fourth-order valence-corrected chi connectivity index (χ4v) is 2.99. The van der Waals surface area contributed by atoms with Crippen LogP contribution in [0.1, 0.15) is 22.3 Å². The van der Waals surface area contributed by atoms with Gasteiger partial charge in [0.2, 0.25) is 5.91 Å². The highest BCUT2D eigenvalue weighted by atomic mass is 35.5. The Balaban J connectivity index is 2.16. The molecule has 2 nitrogen and oxygen atoms in total. The summed E-state index contributed by atoms with van der Waals surface area (Å²) >= 11 is 5.73. The molecule has 0 fully saturated rings. The number of amides is 1. The van der Waals surface area contributed by atoms with Crippen molar-refractivity contribution >= 4 is 28.9 Å². The van der Waals surface area contributed by atoms with Gasteiger partial charge in [-0.15, -0.1) is 0 Å². The second-order valence-corrected chi connectivity index (χ2v) is 6.04. The fourth-order valence-electron chi connectivity index (χ4n) is 2.69. The van der Waals surface area contributed by atoms with Crippen LogP contribution in [0.15, 0.2) is 30.3 Å². The first-order valence-electron chi connectivity index (χ1n) is 6.98. The molecule has 6 heteroatoms. The molecule has 0 bridgehead atoms. The first-order valence-corrected chi connectivity index (χ1v) is 7.36. The van der Waals surface area contributed by atoms with E-state index in [2.05, 4.69) is 0 Å². The monoisotopic (exact) mass is 339 g/mol. The Kier molecular flexibility index (Phi) is 3.64. The summed E-state index contributed by atoms with van der Waals surface area (Å²) in [4.78, 5) is 13.6. The second kappa shape index (κ2) is 5.27. The van der Waals surface area contributed by atoms with Crippen molar-refractivity contribution in [2.45, 2.75) is 26.4 Å². The van der Waals surface area contributed by atoms with Gasteiger partial charge in [-0.3, -0.25) is 9.69 Å². The van der Waals surface area contributed by atoms with Gasteiger partial charge in [-0.1, -0.05) is 17.7 Å². The maximum atomic E-state index is 13.1. The van der Waals surface area contributed by atoms with Crippen molar-refractivity contribution in [3.05, 3.63) is 57.6 Å². The van der Waals surface area contributed by atoms with Gasteiger partial charge in [-0.05, 0) is 54.8 Å². The molecule has 0 saturated heterocycles. The third-order valence-electron chi connectivity index (χ3n) is 4.05. The first kappa shape index (κ1) is 15.9. The number of fused-ring (bicyclic) bond motifs is 1. The van der Waals surface area contributed by atoms with E-state index in [1.54, 1.807) is 12.1 Å². The predicted octanol–water partition coefficient (Wildman–Crippen LogP) is 5.20. The standard InChI is InChI=1S/C17H13ClF3NO/c1-9-3-4-12(5-10(9)2)22-15-8-13(17(19,20)21)14(18)6-11(15)7-16(22)23/h3-6,8H,7H2,1-2H3. The van der Waals surface area contributed by atoms with Crippen LogP contribution < -0.4 is 4.90 Å². The van der Waals surface area contributed by atoms with E-state index < -0.39 is 11.7 Å². The topological polar surface area (TPSA) is 20.3 Å². The molecule has 23 heavy (non-hydrogen) atoms. The number of carbonyl (C=O) groups is 1. The quantitative estimate of drug-likeness (QED) is 0.699. The van der Waals surface area contributed by atoms with Crippen LogP contribution in [0.25, 0.3) is 0 Å². The highest BCUT2D eigenvalue weighted by Crippen LogP contribution is 2.43. The molecule has 0 saturated carbocycles. The number of hydrogen-bond acceptors (Lipinski definition) is 1. The van der Waals surface area contributed by atoms with Gasteiger partial charge in [0.05, 0.1) is 22.7 Å². The van der Waals surface area contributed by atoms with Crippen molar-refractivity contribution in [1.29, 1.82) is 0 Å². The normalized spacial score (nSPS) is 14.3. The number of carbonyl (C=O) groups excluding carboxylic acids is 1. The molecule has 0 aromatic heterocycles. The molecule has 1 amide bonds. The lowest BCUT2D eigenvalue weighted by atomic mass is 10.1. The van der Waals surface area contributed by atoms with Gasteiger partial charge in [0, 0.05) is 5.69 Å². The van der Waals surface area contributed by atoms with Crippen LogP contribution in [0, 0.1) is 13.8 Å². The number of aryl methyl sites for hydroxylation is 2. The Morgan fingerprint density at radius 2 is 1.78 bits per heavy atom. The summed E-state index contributed by atoms with van der Waals surface area (Å²) in [7, 11) is 0. The summed E-state index contributed by atoms with van der Waals surface area (Å²) in [6, 6.07) is 7.56. The molecule has 120 valence electrons. The zero-order valence-electron chi connectivity index (χ0n) is 12.5. The highest BCUT2D eigenvalue weighted by molar-refractivity contribution is 6.31. The second-order valence-electron chi connectivity index (χ2n) is 5.63. The fraction of sp³-hybridized carbons (Fsp3) is 0.235. The number of halogens is 4. The summed E-state index contributed by atoms with van der Waals surface area (Å²) in [6.07, 6.45) is -4.52. The van der Waals surface area contributed by atoms with Gasteiger partial charge >= 0.3 is 6.18 Å². The van der Waals surface area contributed by atoms with Crippen LogP contribution in [0.5, 0.6) is 0 Å². The van der Waals surface area contributed by atoms with Crippen molar-refractivity contribution in [2.24, 2.45) is 0 Å². The van der Waals surface area contributed by atoms with Crippen LogP contribution in [0.4, 0.5) is 24.5 Å². The molecule has 2 aromatic rings. The Morgan fingerprint density at radius 1 is 1.09 bits per heavy atom. The van der Waals surface area contributed by atoms with Crippen molar-refractivity contribution in [3.63, 3.8) is 0 Å². The maximum Gasteiger partial charge on any atom is 0.417 e. The smallest absolute Gasteiger partial charge is 0.280 e. The molecular weight excluding hydrogens is 327 g/mol. The van der Waals surface area contributed by atoms with Crippen LogP contribution in [-0.4, -0.2) is 5.91 Å². The highest BCUT2D eigenvalue weighted by Gasteiger charge is 2.37. The number of hydrogen-bond donors (Lipinski definition) is 0. The van der Waals surface area contributed by atoms with E-state index >= 15 is 0 Å². The zero-order chi connectivity index (χ0) is 16.9. The molecule has 3 rings (SSSR count). The van der Waals surface area contributed by atoms with Crippen LogP contribution in [0.3, 0.4) is 0 Å². The molecule has 0 N–H and O–H groups in total. The van der Waals surface area contributed by atoms with E-state index in [4.69, 9.17) is 11.6 Å². The summed E-state index contributed by atoms with van der Waals surface area (Å²) in [5.41, 5.74) is 2.40. The largest absolute Gasteiger partial charge is 0.417 e. The van der Waals surface area contributed by atoms with Crippen molar-refractivity contribution < 1.29 is 18.0 Å². The van der Waals surface area contributed by atoms with Gasteiger partial charge in [-0.25, -0.2) is 0 Å². The molecule has 0 atom stereocenters. The SMILES string of the molecule is Cc1ccc(N2C(=O)Cc3cc(Cl)c(C(F)(F)F)cc32)cc1C. The predicted molar refractivity (Wildman–Crippen MR) is 83.2 cm³/mol. The van der Waals surface area contributed by atoms with Gasteiger partial charge in [0.1, 0.15) is 0 Å². The van der Waals surface area contributed by atoms with E-state index in [1.807, 2.05) is 19.9 Å². The summed E-state index contributed by atoms with van der Waals surface area (Å²) in [6.45, 7) is 3.82. The molecule has 1 aliphatic rings. The van der Waals surface area contributed by atoms with Crippen LogP contribution >= 0.6 is 11.6 Å². The Bertz CT molecular complexity index is 814. The third-order valence-corrected chi connectivity index (χ3v) is 4.37. The molecule has 2 aromatic carbocycles. The van der Waals surface area contributed by atoms with Gasteiger partial charge in [-0.2, -0.15) is 13.2 Å². The van der Waals surface area contributed by atoms with E-state index in [9.17, 15) is 18.0 Å². The zero-order valence-corrected chi connectivity index (χ0v) is 13.2. The van der Waals surface area contributed by atoms with Crippen molar-refractivity contribution in [3.8, 4) is 0 Å². The van der Waals surface area contributed by atoms with E-state index in [0.29, 0.717) is 11.3 Å². The summed E-state index contributed by atoms with van der Waals surface area (Å²) in [5.74, 6) is -0.265. The van der Waals surface area contributed by atoms with Gasteiger partial charge < -0.3 is 0 Å². The van der Waals surface area contributed by atoms with Crippen molar-refractivity contribution in [2.75, 3.05) is 4.90 Å². The lowest BCUT2D eigenvalue weighted by Crippen LogP contribution is -2.21. The Morgan fingerprint density at radius 3 is 2.39 bits per heavy atom. The Hall–Kier alpha value is -2.01. The van der Waals surface area contributed by atoms with E-state index in [0.717, 1.165) is 17.2 Å². The number of rotatable bonds is 1. The maximum absolute atomic E-state index is 13.1. The minimum absolute atomic E-state index is 0.0418. The van der Waals surface area contributed by atoms with Crippen LogP contribution in [-0.2, 0) is 17.4 Å². The number of benzene rings is 2. The molecular formula is C17H13ClF3NO. The molecule has 0 aliphatic carbocycles. The molecule has 0 unspecified atom stereocenters. The average molecular weight is 340 g/mol. The Labute approximate surface area is 136 Å². The van der Waals surface area contributed by atoms with Crippen molar-refractivity contribution in [1.82, 2.24) is 0 Å². The van der Waals surface area contributed by atoms with Crippen LogP contribution in [0.2, 0.25) is 5.02 Å². The third kappa shape index (κ3) is 2.70. The molecule has 0 radical (unpaired) electrons. The molecule has 0 spiro atoms. The number of alkyl halides is 3. The summed E-state index contributed by atoms with van der Waals surface area (Å²) < 4.78 is 39.2. The van der Waals surface area contributed by atoms with Gasteiger partial charge in [0.15, 0.2) is 0 Å². The average Bonchev–Trinajstić information content (AvgIpc) is 2.75. The first-order chi connectivity index (χ1) is 10.7. The number of anilines is 2. The number of nitrogens with zero attached hydrogens (tertiary/aromatic N) is 1. The minimum atomic E-state index is -4.56. The lowest BCUT2D eigenvalue weighted by molar-refractivity contribution is -0.137. The molecule has 1 aliphatic heterocycles.